The minimum atomic E-state index is -0.300. The van der Waals surface area contributed by atoms with Gasteiger partial charge in [-0.2, -0.15) is 0 Å². The normalized spacial score (nSPS) is 18.8. The summed E-state index contributed by atoms with van der Waals surface area (Å²) in [5.41, 5.74) is 2.28. The van der Waals surface area contributed by atoms with Crippen molar-refractivity contribution in [1.29, 1.82) is 0 Å². The van der Waals surface area contributed by atoms with E-state index >= 15 is 0 Å². The van der Waals surface area contributed by atoms with E-state index < -0.39 is 0 Å². The predicted molar refractivity (Wildman–Crippen MR) is 132 cm³/mol. The third kappa shape index (κ3) is 4.07. The maximum absolute atomic E-state index is 12.9. The summed E-state index contributed by atoms with van der Waals surface area (Å²) >= 11 is 1.24. The van der Waals surface area contributed by atoms with Gasteiger partial charge in [-0.3, -0.25) is 19.7 Å². The van der Waals surface area contributed by atoms with Crippen LogP contribution in [0.3, 0.4) is 0 Å². The molecule has 4 heterocycles. The number of benzene rings is 1. The van der Waals surface area contributed by atoms with Gasteiger partial charge in [0.05, 0.1) is 0 Å². The van der Waals surface area contributed by atoms with Crippen molar-refractivity contribution in [2.75, 3.05) is 39.0 Å². The minimum Gasteiger partial charge on any atom is -0.349 e. The fraction of sp³-hybridized carbons (Fsp3) is 0.417. The van der Waals surface area contributed by atoms with Gasteiger partial charge in [0.1, 0.15) is 11.4 Å². The van der Waals surface area contributed by atoms with Gasteiger partial charge in [0.2, 0.25) is 0 Å². The van der Waals surface area contributed by atoms with Crippen molar-refractivity contribution in [3.8, 4) is 0 Å². The maximum atomic E-state index is 12.9. The largest absolute Gasteiger partial charge is 0.349 e. The van der Waals surface area contributed by atoms with Gasteiger partial charge in [-0.05, 0) is 52.1 Å². The van der Waals surface area contributed by atoms with E-state index in [9.17, 15) is 14.4 Å². The molecule has 2 aliphatic heterocycles. The number of nitrogens with one attached hydrogen (secondary N) is 2. The van der Waals surface area contributed by atoms with E-state index in [1.54, 1.807) is 17.5 Å². The van der Waals surface area contributed by atoms with Crippen LogP contribution in [0.25, 0.3) is 10.9 Å². The van der Waals surface area contributed by atoms with Crippen molar-refractivity contribution < 1.29 is 14.4 Å². The van der Waals surface area contributed by atoms with Crippen LogP contribution in [0, 0.1) is 0 Å². The predicted octanol–water partition coefficient (Wildman–Crippen LogP) is 2.82. The number of hydrogen-bond donors (Lipinski definition) is 2. The Morgan fingerprint density at radius 1 is 1.21 bits per heavy atom. The zero-order chi connectivity index (χ0) is 24.0. The Labute approximate surface area is 201 Å². The molecule has 0 saturated carbocycles. The topological polar surface area (TPSA) is 99.6 Å². The van der Waals surface area contributed by atoms with Crippen molar-refractivity contribution in [2.45, 2.75) is 31.8 Å². The smallest absolute Gasteiger partial charge is 0.273 e. The number of anilines is 1. The molecule has 0 aliphatic carbocycles. The summed E-state index contributed by atoms with van der Waals surface area (Å²) in [6, 6.07) is 7.83. The Morgan fingerprint density at radius 2 is 1.97 bits per heavy atom. The summed E-state index contributed by atoms with van der Waals surface area (Å²) < 4.78 is 1.98. The first-order valence-corrected chi connectivity index (χ1v) is 12.4. The number of carbonyl (C=O) groups excluding carboxylic acids is 3. The Bertz CT molecular complexity index is 1270. The molecule has 3 aromatic rings. The summed E-state index contributed by atoms with van der Waals surface area (Å²) in [7, 11) is 4.13. The van der Waals surface area contributed by atoms with Gasteiger partial charge in [-0.1, -0.05) is 6.07 Å². The highest BCUT2D eigenvalue weighted by atomic mass is 32.1. The molecule has 5 rings (SSSR count). The van der Waals surface area contributed by atoms with Gasteiger partial charge < -0.3 is 19.7 Å². The van der Waals surface area contributed by atoms with Crippen molar-refractivity contribution >= 4 is 45.1 Å². The lowest BCUT2D eigenvalue weighted by molar-refractivity contribution is 0.0658. The number of rotatable bonds is 4. The van der Waals surface area contributed by atoms with Crippen molar-refractivity contribution in [1.82, 2.24) is 24.7 Å². The van der Waals surface area contributed by atoms with Gasteiger partial charge in [-0.15, -0.1) is 11.3 Å². The van der Waals surface area contributed by atoms with E-state index in [1.807, 2.05) is 28.5 Å². The molecule has 1 atom stereocenters. The van der Waals surface area contributed by atoms with E-state index in [2.05, 4.69) is 34.6 Å². The average Bonchev–Trinajstić information content (AvgIpc) is 3.46. The Kier molecular flexibility index (Phi) is 5.86. The van der Waals surface area contributed by atoms with Crippen molar-refractivity contribution in [3.63, 3.8) is 0 Å². The standard InChI is InChI=1S/C24H28N6O3S/c1-14-12-25-22(32)20-10-15-4-5-16(11-19(15)30(14)20)21(31)27-24-26-18(13-34-24)23(33)29-8-6-17(7-9-29)28(2)3/h4-5,10-11,13-14,17H,6-9,12H2,1-3H3,(H,25,32)(H,26,27,31). The van der Waals surface area contributed by atoms with E-state index in [4.69, 9.17) is 0 Å². The molecule has 1 unspecified atom stereocenters. The van der Waals surface area contributed by atoms with Crippen LogP contribution in [-0.2, 0) is 0 Å². The number of likely N-dealkylation sites (tertiary alicyclic amines) is 1. The molecule has 10 heteroatoms. The quantitative estimate of drug-likeness (QED) is 0.598. The van der Waals surface area contributed by atoms with Crippen LogP contribution in [0.5, 0.6) is 0 Å². The number of piperidine rings is 1. The minimum absolute atomic E-state index is 0.0950. The zero-order valence-corrected chi connectivity index (χ0v) is 20.3. The molecule has 2 N–H and O–H groups in total. The zero-order valence-electron chi connectivity index (χ0n) is 19.5. The molecular formula is C24H28N6O3S. The number of carbonyl (C=O) groups is 3. The number of thiazole rings is 1. The van der Waals surface area contributed by atoms with Gasteiger partial charge >= 0.3 is 0 Å². The Morgan fingerprint density at radius 3 is 2.71 bits per heavy atom. The van der Waals surface area contributed by atoms with E-state index in [0.29, 0.717) is 47.8 Å². The van der Waals surface area contributed by atoms with Crippen LogP contribution in [0.4, 0.5) is 5.13 Å². The third-order valence-corrected chi connectivity index (χ3v) is 7.52. The van der Waals surface area contributed by atoms with Crippen LogP contribution in [-0.4, -0.2) is 76.8 Å². The molecule has 0 spiro atoms. The fourth-order valence-electron chi connectivity index (χ4n) is 4.78. The highest BCUT2D eigenvalue weighted by Gasteiger charge is 2.27. The second-order valence-corrected chi connectivity index (χ2v) is 10.1. The lowest BCUT2D eigenvalue weighted by Gasteiger charge is -2.34. The molecule has 2 aromatic heterocycles. The number of fused-ring (bicyclic) bond motifs is 3. The first-order valence-electron chi connectivity index (χ1n) is 11.5. The first-order chi connectivity index (χ1) is 16.3. The van der Waals surface area contributed by atoms with Crippen LogP contribution < -0.4 is 10.6 Å². The summed E-state index contributed by atoms with van der Waals surface area (Å²) in [4.78, 5) is 46.4. The number of hydrogen-bond acceptors (Lipinski definition) is 6. The molecule has 9 nitrogen and oxygen atoms in total. The monoisotopic (exact) mass is 480 g/mol. The second kappa shape index (κ2) is 8.84. The van der Waals surface area contributed by atoms with E-state index in [1.165, 1.54) is 11.3 Å². The fourth-order valence-corrected chi connectivity index (χ4v) is 5.46. The summed E-state index contributed by atoms with van der Waals surface area (Å²) in [6.45, 7) is 4.00. The third-order valence-electron chi connectivity index (χ3n) is 6.76. The summed E-state index contributed by atoms with van der Waals surface area (Å²) in [6.07, 6.45) is 1.89. The molecule has 1 saturated heterocycles. The maximum Gasteiger partial charge on any atom is 0.273 e. The summed E-state index contributed by atoms with van der Waals surface area (Å²) in [5.74, 6) is -0.501. The van der Waals surface area contributed by atoms with Crippen LogP contribution in [0.15, 0.2) is 29.6 Å². The molecule has 178 valence electrons. The lowest BCUT2D eigenvalue weighted by Crippen LogP contribution is -2.44. The lowest BCUT2D eigenvalue weighted by atomic mass is 10.0. The summed E-state index contributed by atoms with van der Waals surface area (Å²) in [5, 5.41) is 8.70. The van der Waals surface area contributed by atoms with Gasteiger partial charge in [0.15, 0.2) is 5.13 Å². The number of amides is 3. The van der Waals surface area contributed by atoms with Crippen LogP contribution in [0.1, 0.15) is 57.1 Å². The van der Waals surface area contributed by atoms with Gasteiger partial charge in [0.25, 0.3) is 17.7 Å². The van der Waals surface area contributed by atoms with Crippen molar-refractivity contribution in [2.24, 2.45) is 0 Å². The number of nitrogens with zero attached hydrogens (tertiary/aromatic N) is 4. The molecule has 1 aromatic carbocycles. The van der Waals surface area contributed by atoms with E-state index in [0.717, 1.165) is 23.7 Å². The SMILES string of the molecule is CC1CNC(=O)c2cc3ccc(C(=O)Nc4nc(C(=O)N5CCC(N(C)C)CC5)cs4)cc3n21. The molecule has 1 fully saturated rings. The molecule has 34 heavy (non-hydrogen) atoms. The Hall–Kier alpha value is -3.24. The molecule has 0 bridgehead atoms. The number of aromatic nitrogens is 2. The van der Waals surface area contributed by atoms with Crippen LogP contribution in [0.2, 0.25) is 0 Å². The van der Waals surface area contributed by atoms with Gasteiger partial charge in [0, 0.05) is 53.6 Å². The average molecular weight is 481 g/mol. The first kappa shape index (κ1) is 22.5. The molecule has 2 aliphatic rings. The van der Waals surface area contributed by atoms with E-state index in [-0.39, 0.29) is 23.8 Å². The van der Waals surface area contributed by atoms with Crippen LogP contribution >= 0.6 is 11.3 Å². The molecule has 0 radical (unpaired) electrons. The second-order valence-electron chi connectivity index (χ2n) is 9.21. The molecular weight excluding hydrogens is 452 g/mol. The Balaban J connectivity index is 1.29. The van der Waals surface area contributed by atoms with Gasteiger partial charge in [-0.25, -0.2) is 4.98 Å². The van der Waals surface area contributed by atoms with Crippen molar-refractivity contribution in [3.05, 3.63) is 46.6 Å². The highest BCUT2D eigenvalue weighted by molar-refractivity contribution is 7.14. The molecule has 3 amide bonds. The highest BCUT2D eigenvalue weighted by Crippen LogP contribution is 2.28.